The van der Waals surface area contributed by atoms with E-state index in [4.69, 9.17) is 0 Å². The van der Waals surface area contributed by atoms with E-state index >= 15 is 0 Å². The summed E-state index contributed by atoms with van der Waals surface area (Å²) in [5.74, 6) is 0.460. The Balaban J connectivity index is 1.32. The molecule has 2 saturated heterocycles. The Bertz CT molecular complexity index is 854. The lowest BCUT2D eigenvalue weighted by molar-refractivity contribution is -0.123. The normalized spacial score (nSPS) is 21.9. The first-order valence-electron chi connectivity index (χ1n) is 10.5. The largest absolute Gasteiger partial charge is 0.354 e. The number of aromatic nitrogens is 2. The van der Waals surface area contributed by atoms with Gasteiger partial charge in [-0.25, -0.2) is 4.68 Å². The van der Waals surface area contributed by atoms with Crippen LogP contribution in [0.3, 0.4) is 0 Å². The molecule has 2 atom stereocenters. The van der Waals surface area contributed by atoms with Crippen molar-refractivity contribution < 1.29 is 9.59 Å². The number of nitrogens with one attached hydrogen (secondary N) is 2. The van der Waals surface area contributed by atoms with Crippen molar-refractivity contribution in [2.45, 2.75) is 38.6 Å². The van der Waals surface area contributed by atoms with Crippen molar-refractivity contribution in [1.82, 2.24) is 25.3 Å². The maximum Gasteiger partial charge on any atom is 0.253 e. The molecular weight excluding hydrogens is 366 g/mol. The lowest BCUT2D eigenvalue weighted by Crippen LogP contribution is -2.46. The first-order chi connectivity index (χ1) is 14.1. The summed E-state index contributed by atoms with van der Waals surface area (Å²) in [5, 5.41) is 10.7. The van der Waals surface area contributed by atoms with Crippen molar-refractivity contribution in [2.24, 2.45) is 5.92 Å². The molecular formula is C22H29N5O2. The topological polar surface area (TPSA) is 79.3 Å². The van der Waals surface area contributed by atoms with Crippen LogP contribution in [0, 0.1) is 12.8 Å². The minimum atomic E-state index is -0.0478. The molecule has 1 aromatic heterocycles. The van der Waals surface area contributed by atoms with Crippen LogP contribution in [0.25, 0.3) is 5.69 Å². The summed E-state index contributed by atoms with van der Waals surface area (Å²) in [7, 11) is 0. The van der Waals surface area contributed by atoms with Crippen molar-refractivity contribution in [3.05, 3.63) is 47.8 Å². The van der Waals surface area contributed by atoms with Crippen LogP contribution in [0.1, 0.15) is 41.7 Å². The number of aryl methyl sites for hydroxylation is 1. The average molecular weight is 396 g/mol. The summed E-state index contributed by atoms with van der Waals surface area (Å²) in [6, 6.07) is 9.49. The monoisotopic (exact) mass is 395 g/mol. The highest BCUT2D eigenvalue weighted by atomic mass is 16.2. The molecule has 2 aromatic rings. The Hall–Kier alpha value is -2.67. The molecule has 2 unspecified atom stereocenters. The van der Waals surface area contributed by atoms with Gasteiger partial charge in [-0.3, -0.25) is 9.59 Å². The maximum atomic E-state index is 13.0. The van der Waals surface area contributed by atoms with E-state index in [1.54, 1.807) is 0 Å². The minimum absolute atomic E-state index is 0.0478. The second-order valence-corrected chi connectivity index (χ2v) is 8.10. The molecule has 2 aliphatic heterocycles. The van der Waals surface area contributed by atoms with Crippen molar-refractivity contribution in [3.8, 4) is 5.69 Å². The van der Waals surface area contributed by atoms with Gasteiger partial charge in [-0.1, -0.05) is 0 Å². The number of amides is 2. The zero-order valence-electron chi connectivity index (χ0n) is 16.9. The van der Waals surface area contributed by atoms with Gasteiger partial charge in [-0.2, -0.15) is 5.10 Å². The molecule has 0 bridgehead atoms. The number of hydrogen-bond donors (Lipinski definition) is 2. The van der Waals surface area contributed by atoms with Crippen molar-refractivity contribution in [2.75, 3.05) is 26.2 Å². The molecule has 29 heavy (non-hydrogen) atoms. The molecule has 4 rings (SSSR count). The SMILES string of the molecule is Cc1ccn(-c2ccc(C(=O)N3CCCC(CNC(=O)C4CCCN4)C3)cc2)n1. The van der Waals surface area contributed by atoms with E-state index in [0.717, 1.165) is 50.2 Å². The van der Waals surface area contributed by atoms with E-state index in [0.29, 0.717) is 24.6 Å². The van der Waals surface area contributed by atoms with Gasteiger partial charge in [0.15, 0.2) is 0 Å². The van der Waals surface area contributed by atoms with E-state index in [-0.39, 0.29) is 17.9 Å². The number of piperidine rings is 1. The van der Waals surface area contributed by atoms with Crippen LogP contribution in [0.4, 0.5) is 0 Å². The Kier molecular flexibility index (Phi) is 5.94. The third kappa shape index (κ3) is 4.67. The van der Waals surface area contributed by atoms with Gasteiger partial charge in [0.1, 0.15) is 0 Å². The average Bonchev–Trinajstić information content (AvgIpc) is 3.44. The second kappa shape index (κ2) is 8.78. The van der Waals surface area contributed by atoms with Crippen LogP contribution in [-0.4, -0.2) is 58.7 Å². The summed E-state index contributed by atoms with van der Waals surface area (Å²) >= 11 is 0. The van der Waals surface area contributed by atoms with Crippen LogP contribution in [0.2, 0.25) is 0 Å². The van der Waals surface area contributed by atoms with Gasteiger partial charge in [0.25, 0.3) is 5.91 Å². The molecule has 2 amide bonds. The van der Waals surface area contributed by atoms with Crippen molar-refractivity contribution in [1.29, 1.82) is 0 Å². The molecule has 0 aliphatic carbocycles. The molecule has 7 heteroatoms. The number of hydrogen-bond acceptors (Lipinski definition) is 4. The molecule has 2 fully saturated rings. The lowest BCUT2D eigenvalue weighted by atomic mass is 9.97. The molecule has 0 spiro atoms. The molecule has 7 nitrogen and oxygen atoms in total. The Labute approximate surface area is 171 Å². The molecule has 1 aromatic carbocycles. The Morgan fingerprint density at radius 3 is 2.69 bits per heavy atom. The number of likely N-dealkylation sites (tertiary alicyclic amines) is 1. The number of carbonyl (C=O) groups is 2. The van der Waals surface area contributed by atoms with Crippen LogP contribution in [0.5, 0.6) is 0 Å². The smallest absolute Gasteiger partial charge is 0.253 e. The third-order valence-electron chi connectivity index (χ3n) is 5.85. The van der Waals surface area contributed by atoms with E-state index in [1.807, 2.05) is 53.0 Å². The van der Waals surface area contributed by atoms with Gasteiger partial charge < -0.3 is 15.5 Å². The highest BCUT2D eigenvalue weighted by molar-refractivity contribution is 5.94. The van der Waals surface area contributed by atoms with Crippen molar-refractivity contribution >= 4 is 11.8 Å². The first kappa shape index (κ1) is 19.6. The fraction of sp³-hybridized carbons (Fsp3) is 0.500. The summed E-state index contributed by atoms with van der Waals surface area (Å²) in [6.45, 7) is 4.97. The Morgan fingerprint density at radius 1 is 1.17 bits per heavy atom. The van der Waals surface area contributed by atoms with E-state index < -0.39 is 0 Å². The number of carbonyl (C=O) groups excluding carboxylic acids is 2. The van der Waals surface area contributed by atoms with Crippen LogP contribution < -0.4 is 10.6 Å². The molecule has 0 saturated carbocycles. The molecule has 2 aliphatic rings. The van der Waals surface area contributed by atoms with Gasteiger partial charge in [0.05, 0.1) is 17.4 Å². The highest BCUT2D eigenvalue weighted by Crippen LogP contribution is 2.19. The third-order valence-corrected chi connectivity index (χ3v) is 5.85. The predicted molar refractivity (Wildman–Crippen MR) is 111 cm³/mol. The quantitative estimate of drug-likeness (QED) is 0.811. The van der Waals surface area contributed by atoms with Crippen LogP contribution in [0.15, 0.2) is 36.5 Å². The van der Waals surface area contributed by atoms with Gasteiger partial charge >= 0.3 is 0 Å². The molecule has 2 N–H and O–H groups in total. The van der Waals surface area contributed by atoms with Gasteiger partial charge in [0.2, 0.25) is 5.91 Å². The van der Waals surface area contributed by atoms with E-state index in [1.165, 1.54) is 0 Å². The minimum Gasteiger partial charge on any atom is -0.354 e. The standard InChI is InChI=1S/C22H29N5O2/c1-16-10-13-27(25-16)19-8-6-18(7-9-19)22(29)26-12-3-4-17(15-26)14-24-21(28)20-5-2-11-23-20/h6-10,13,17,20,23H,2-5,11-12,14-15H2,1H3,(H,24,28). The molecule has 154 valence electrons. The number of nitrogens with zero attached hydrogens (tertiary/aromatic N) is 3. The van der Waals surface area contributed by atoms with Crippen LogP contribution >= 0.6 is 0 Å². The van der Waals surface area contributed by atoms with Crippen LogP contribution in [-0.2, 0) is 4.79 Å². The zero-order chi connectivity index (χ0) is 20.2. The maximum absolute atomic E-state index is 13.0. The fourth-order valence-electron chi connectivity index (χ4n) is 4.19. The second-order valence-electron chi connectivity index (χ2n) is 8.10. The first-order valence-corrected chi connectivity index (χ1v) is 10.5. The van der Waals surface area contributed by atoms with Gasteiger partial charge in [-0.05, 0) is 75.4 Å². The molecule has 0 radical (unpaired) electrons. The molecule has 3 heterocycles. The summed E-state index contributed by atoms with van der Waals surface area (Å²) in [6.07, 6.45) is 5.90. The highest BCUT2D eigenvalue weighted by Gasteiger charge is 2.27. The predicted octanol–water partition coefficient (Wildman–Crippen LogP) is 1.90. The fourth-order valence-corrected chi connectivity index (χ4v) is 4.19. The van der Waals surface area contributed by atoms with Crippen molar-refractivity contribution in [3.63, 3.8) is 0 Å². The zero-order valence-corrected chi connectivity index (χ0v) is 16.9. The van der Waals surface area contributed by atoms with E-state index in [2.05, 4.69) is 15.7 Å². The van der Waals surface area contributed by atoms with Gasteiger partial charge in [-0.15, -0.1) is 0 Å². The Morgan fingerprint density at radius 2 is 2.00 bits per heavy atom. The van der Waals surface area contributed by atoms with Gasteiger partial charge in [0, 0.05) is 31.4 Å². The number of benzene rings is 1. The summed E-state index contributed by atoms with van der Waals surface area (Å²) in [5.41, 5.74) is 2.59. The lowest BCUT2D eigenvalue weighted by Gasteiger charge is -2.33. The summed E-state index contributed by atoms with van der Waals surface area (Å²) in [4.78, 5) is 27.1. The summed E-state index contributed by atoms with van der Waals surface area (Å²) < 4.78 is 1.81. The van der Waals surface area contributed by atoms with E-state index in [9.17, 15) is 9.59 Å². The number of rotatable bonds is 5.